The van der Waals surface area contributed by atoms with Gasteiger partial charge in [-0.1, -0.05) is 24.3 Å². The van der Waals surface area contributed by atoms with Crippen LogP contribution in [0, 0.1) is 0 Å². The largest absolute Gasteiger partial charge is 0.383 e. The van der Waals surface area contributed by atoms with Crippen molar-refractivity contribution in [1.82, 2.24) is 15.3 Å². The zero-order valence-electron chi connectivity index (χ0n) is 16.1. The molecule has 148 valence electrons. The van der Waals surface area contributed by atoms with Crippen LogP contribution in [-0.4, -0.2) is 29.1 Å². The summed E-state index contributed by atoms with van der Waals surface area (Å²) in [5.74, 6) is 0.619. The summed E-state index contributed by atoms with van der Waals surface area (Å²) >= 11 is 0. The summed E-state index contributed by atoms with van der Waals surface area (Å²) in [7, 11) is 0. The normalized spacial score (nSPS) is 15.6. The molecule has 4 rings (SSSR count). The second-order valence-corrected chi connectivity index (χ2v) is 7.19. The smallest absolute Gasteiger partial charge is 0.252 e. The predicted molar refractivity (Wildman–Crippen MR) is 111 cm³/mol. The average molecular weight is 388 g/mol. The Labute approximate surface area is 170 Å². The van der Waals surface area contributed by atoms with E-state index in [0.717, 1.165) is 42.7 Å². The van der Waals surface area contributed by atoms with Crippen LogP contribution < -0.4 is 11.1 Å². The van der Waals surface area contributed by atoms with Crippen LogP contribution in [0.25, 0.3) is 0 Å². The highest BCUT2D eigenvalue weighted by Gasteiger charge is 2.24. The highest BCUT2D eigenvalue weighted by molar-refractivity contribution is 5.94. The van der Waals surface area contributed by atoms with Crippen LogP contribution in [-0.2, 0) is 4.74 Å². The third kappa shape index (κ3) is 4.43. The van der Waals surface area contributed by atoms with Gasteiger partial charge in [0.25, 0.3) is 5.91 Å². The first-order chi connectivity index (χ1) is 14.2. The number of amides is 1. The fourth-order valence-electron chi connectivity index (χ4n) is 3.69. The minimum Gasteiger partial charge on any atom is -0.383 e. The van der Waals surface area contributed by atoms with Gasteiger partial charge in [-0.05, 0) is 54.2 Å². The lowest BCUT2D eigenvalue weighted by Crippen LogP contribution is -2.30. The van der Waals surface area contributed by atoms with Crippen molar-refractivity contribution in [2.45, 2.75) is 24.8 Å². The third-order valence-electron chi connectivity index (χ3n) is 5.30. The Morgan fingerprint density at radius 3 is 2.62 bits per heavy atom. The Balaban J connectivity index is 1.70. The number of benzene rings is 1. The fourth-order valence-corrected chi connectivity index (χ4v) is 3.69. The maximum absolute atomic E-state index is 12.9. The minimum atomic E-state index is -0.441. The van der Waals surface area contributed by atoms with E-state index in [1.165, 1.54) is 0 Å². The molecule has 1 aliphatic rings. The summed E-state index contributed by atoms with van der Waals surface area (Å²) in [5, 5.41) is 3.11. The quantitative estimate of drug-likeness (QED) is 0.698. The lowest BCUT2D eigenvalue weighted by Gasteiger charge is -2.25. The summed E-state index contributed by atoms with van der Waals surface area (Å²) < 4.78 is 5.48. The van der Waals surface area contributed by atoms with E-state index in [4.69, 9.17) is 10.5 Å². The van der Waals surface area contributed by atoms with Crippen LogP contribution in [0.15, 0.2) is 67.1 Å². The third-order valence-corrected chi connectivity index (χ3v) is 5.30. The number of carbonyl (C=O) groups excluding carboxylic acids is 1. The topological polar surface area (TPSA) is 90.1 Å². The number of hydrogen-bond acceptors (Lipinski definition) is 5. The van der Waals surface area contributed by atoms with Crippen LogP contribution in [0.1, 0.15) is 51.8 Å². The second-order valence-electron chi connectivity index (χ2n) is 7.19. The highest BCUT2D eigenvalue weighted by atomic mass is 16.5. The number of aromatic nitrogens is 2. The Morgan fingerprint density at radius 1 is 1.10 bits per heavy atom. The van der Waals surface area contributed by atoms with Crippen molar-refractivity contribution in [3.63, 3.8) is 0 Å². The molecule has 2 aromatic heterocycles. The lowest BCUT2D eigenvalue weighted by atomic mass is 9.90. The first kappa shape index (κ1) is 19.1. The van der Waals surface area contributed by atoms with Gasteiger partial charge in [-0.25, -0.2) is 4.98 Å². The number of ether oxygens (including phenoxy) is 1. The van der Waals surface area contributed by atoms with Crippen LogP contribution >= 0.6 is 0 Å². The van der Waals surface area contributed by atoms with Crippen molar-refractivity contribution in [1.29, 1.82) is 0 Å². The van der Waals surface area contributed by atoms with Gasteiger partial charge < -0.3 is 15.8 Å². The first-order valence-electron chi connectivity index (χ1n) is 9.81. The summed E-state index contributed by atoms with van der Waals surface area (Å²) in [6, 6.07) is 14.6. The van der Waals surface area contributed by atoms with E-state index in [9.17, 15) is 4.79 Å². The Bertz CT molecular complexity index is 957. The van der Waals surface area contributed by atoms with Gasteiger partial charge in [0.15, 0.2) is 0 Å². The lowest BCUT2D eigenvalue weighted by molar-refractivity contribution is 0.0852. The molecule has 1 aliphatic heterocycles. The van der Waals surface area contributed by atoms with E-state index in [2.05, 4.69) is 21.4 Å². The molecule has 6 nitrogen and oxygen atoms in total. The Morgan fingerprint density at radius 2 is 1.90 bits per heavy atom. The summed E-state index contributed by atoms with van der Waals surface area (Å²) in [6.07, 6.45) is 7.21. The van der Waals surface area contributed by atoms with Crippen molar-refractivity contribution >= 4 is 11.7 Å². The number of nitrogens with one attached hydrogen (secondary N) is 1. The van der Waals surface area contributed by atoms with Crippen molar-refractivity contribution < 1.29 is 9.53 Å². The van der Waals surface area contributed by atoms with E-state index < -0.39 is 6.04 Å². The monoisotopic (exact) mass is 388 g/mol. The highest BCUT2D eigenvalue weighted by Crippen LogP contribution is 2.32. The van der Waals surface area contributed by atoms with Crippen molar-refractivity contribution in [3.05, 3.63) is 89.4 Å². The van der Waals surface area contributed by atoms with Gasteiger partial charge in [-0.15, -0.1) is 0 Å². The maximum atomic E-state index is 12.9. The molecule has 3 heterocycles. The van der Waals surface area contributed by atoms with Gasteiger partial charge in [0.2, 0.25) is 0 Å². The van der Waals surface area contributed by atoms with Gasteiger partial charge in [-0.2, -0.15) is 0 Å². The van der Waals surface area contributed by atoms with Crippen LogP contribution in [0.4, 0.5) is 5.82 Å². The predicted octanol–water partition coefficient (Wildman–Crippen LogP) is 3.47. The van der Waals surface area contributed by atoms with Gasteiger partial charge in [-0.3, -0.25) is 9.78 Å². The molecule has 0 saturated carbocycles. The van der Waals surface area contributed by atoms with Crippen LogP contribution in [0.2, 0.25) is 0 Å². The van der Waals surface area contributed by atoms with Gasteiger partial charge in [0.1, 0.15) is 5.82 Å². The zero-order valence-corrected chi connectivity index (χ0v) is 16.1. The number of rotatable bonds is 5. The van der Waals surface area contributed by atoms with Crippen molar-refractivity contribution in [2.75, 3.05) is 18.9 Å². The maximum Gasteiger partial charge on any atom is 0.252 e. The number of carbonyl (C=O) groups is 1. The number of nitrogens with zero attached hydrogens (tertiary/aromatic N) is 2. The average Bonchev–Trinajstić information content (AvgIpc) is 2.79. The van der Waals surface area contributed by atoms with Crippen LogP contribution in [0.5, 0.6) is 0 Å². The molecule has 6 heteroatoms. The number of anilines is 1. The summed E-state index contributed by atoms with van der Waals surface area (Å²) in [6.45, 7) is 1.50. The van der Waals surface area contributed by atoms with Gasteiger partial charge >= 0.3 is 0 Å². The first-order valence-corrected chi connectivity index (χ1v) is 9.81. The number of pyridine rings is 2. The Kier molecular flexibility index (Phi) is 5.81. The Hall–Kier alpha value is -3.25. The number of nitrogens with two attached hydrogens (primary N) is 1. The van der Waals surface area contributed by atoms with Crippen molar-refractivity contribution in [3.8, 4) is 0 Å². The van der Waals surface area contributed by atoms with E-state index in [0.29, 0.717) is 17.3 Å². The molecule has 0 spiro atoms. The summed E-state index contributed by atoms with van der Waals surface area (Å²) in [5.41, 5.74) is 9.62. The fraction of sp³-hybridized carbons (Fsp3) is 0.261. The molecule has 1 saturated heterocycles. The van der Waals surface area contributed by atoms with E-state index in [1.807, 2.05) is 36.5 Å². The van der Waals surface area contributed by atoms with Crippen molar-refractivity contribution in [2.24, 2.45) is 0 Å². The molecule has 0 radical (unpaired) electrons. The van der Waals surface area contributed by atoms with Gasteiger partial charge in [0, 0.05) is 42.9 Å². The molecule has 1 atom stereocenters. The second kappa shape index (κ2) is 8.84. The van der Waals surface area contributed by atoms with E-state index >= 15 is 0 Å². The molecular formula is C23H24N4O2. The zero-order chi connectivity index (χ0) is 20.1. The number of hydrogen-bond donors (Lipinski definition) is 2. The SMILES string of the molecule is Nc1ncc(C2CCOCC2)cc1C(NC(=O)c1ccccc1)c1cccnc1. The van der Waals surface area contributed by atoms with Crippen LogP contribution in [0.3, 0.4) is 0 Å². The molecule has 29 heavy (non-hydrogen) atoms. The molecule has 3 N–H and O–H groups in total. The standard InChI is InChI=1S/C23H24N4O2/c24-22-20(13-19(15-26-22)16-8-11-29-12-9-16)21(18-7-4-10-25-14-18)27-23(28)17-5-2-1-3-6-17/h1-7,10,13-16,21H,8-9,11-12H2,(H2,24,26)(H,27,28). The molecule has 1 aromatic carbocycles. The minimum absolute atomic E-state index is 0.171. The molecular weight excluding hydrogens is 364 g/mol. The van der Waals surface area contributed by atoms with Gasteiger partial charge in [0.05, 0.1) is 6.04 Å². The molecule has 1 fully saturated rings. The molecule has 0 bridgehead atoms. The molecule has 0 aliphatic carbocycles. The molecule has 3 aromatic rings. The van der Waals surface area contributed by atoms with E-state index in [1.54, 1.807) is 24.5 Å². The number of nitrogen functional groups attached to an aromatic ring is 1. The summed E-state index contributed by atoms with van der Waals surface area (Å²) in [4.78, 5) is 21.6. The molecule has 1 unspecified atom stereocenters. The molecule has 1 amide bonds. The van der Waals surface area contributed by atoms with E-state index in [-0.39, 0.29) is 5.91 Å².